The number of pyridine rings is 1. The van der Waals surface area contributed by atoms with Crippen LogP contribution < -0.4 is 4.84 Å². The maximum Gasteiger partial charge on any atom is 0.142 e. The van der Waals surface area contributed by atoms with E-state index in [1.165, 1.54) is 0 Å². The van der Waals surface area contributed by atoms with Crippen molar-refractivity contribution in [2.75, 3.05) is 0 Å². The van der Waals surface area contributed by atoms with E-state index in [1.54, 1.807) is 17.5 Å². The van der Waals surface area contributed by atoms with Crippen LogP contribution in [-0.2, 0) is 6.54 Å². The number of aromatic nitrogens is 2. The molecule has 1 N–H and O–H groups in total. The molecular weight excluding hydrogens is 218 g/mol. The minimum atomic E-state index is 0.631. The van der Waals surface area contributed by atoms with Gasteiger partial charge in [0.25, 0.3) is 0 Å². The molecule has 72 valence electrons. The normalized spacial score (nSPS) is 10.4. The molecule has 2 heterocycles. The number of nitrogens with zero attached hydrogens (tertiary/aromatic N) is 2. The first-order valence-electron chi connectivity index (χ1n) is 4.10. The predicted molar refractivity (Wildman–Crippen MR) is 58.0 cm³/mol. The molecule has 3 nitrogen and oxygen atoms in total. The van der Waals surface area contributed by atoms with Crippen molar-refractivity contribution in [3.8, 4) is 10.7 Å². The summed E-state index contributed by atoms with van der Waals surface area (Å²) in [5, 5.41) is 0.924. The van der Waals surface area contributed by atoms with Gasteiger partial charge >= 0.3 is 0 Å². The minimum absolute atomic E-state index is 0.631. The summed E-state index contributed by atoms with van der Waals surface area (Å²) in [6, 6.07) is 5.78. The molecule has 0 aromatic carbocycles. The lowest BCUT2D eigenvalue weighted by Gasteiger charge is -1.92. The third-order valence-corrected chi connectivity index (χ3v) is 2.83. The number of nitrogens with one attached hydrogen (secondary N) is 1. The van der Waals surface area contributed by atoms with Crippen molar-refractivity contribution >= 4 is 23.1 Å². The minimum Gasteiger partial charge on any atom is -0.254 e. The zero-order valence-corrected chi connectivity index (χ0v) is 8.85. The van der Waals surface area contributed by atoms with Crippen molar-refractivity contribution in [1.82, 2.24) is 14.8 Å². The van der Waals surface area contributed by atoms with E-state index in [4.69, 9.17) is 11.8 Å². The van der Waals surface area contributed by atoms with E-state index < -0.39 is 0 Å². The molecule has 0 radical (unpaired) electrons. The van der Waals surface area contributed by atoms with Crippen LogP contribution in [0.15, 0.2) is 30.6 Å². The van der Waals surface area contributed by atoms with E-state index in [0.717, 1.165) is 15.6 Å². The van der Waals surface area contributed by atoms with Crippen molar-refractivity contribution in [2.24, 2.45) is 0 Å². The van der Waals surface area contributed by atoms with Gasteiger partial charge in [-0.2, -0.15) is 0 Å². The van der Waals surface area contributed by atoms with Gasteiger partial charge in [-0.05, 0) is 23.9 Å². The van der Waals surface area contributed by atoms with Crippen molar-refractivity contribution in [3.05, 3.63) is 35.5 Å². The van der Waals surface area contributed by atoms with E-state index in [9.17, 15) is 0 Å². The van der Waals surface area contributed by atoms with Gasteiger partial charge in [-0.1, -0.05) is 6.07 Å². The highest BCUT2D eigenvalue weighted by atomic mass is 35.5. The van der Waals surface area contributed by atoms with Crippen molar-refractivity contribution < 1.29 is 0 Å². The largest absolute Gasteiger partial charge is 0.254 e. The summed E-state index contributed by atoms with van der Waals surface area (Å²) in [5.41, 5.74) is 0.901. The monoisotopic (exact) mass is 225 g/mol. The van der Waals surface area contributed by atoms with Crippen molar-refractivity contribution in [1.29, 1.82) is 0 Å². The average Bonchev–Trinajstić information content (AvgIpc) is 2.68. The maximum atomic E-state index is 5.40. The highest BCUT2D eigenvalue weighted by molar-refractivity contribution is 7.15. The molecule has 0 saturated carbocycles. The summed E-state index contributed by atoms with van der Waals surface area (Å²) < 4.78 is 0. The molecule has 0 saturated heterocycles. The Morgan fingerprint density at radius 1 is 1.36 bits per heavy atom. The Labute approximate surface area is 90.9 Å². The standard InChI is InChI=1S/C9H8ClN3S/c10-13-6-7-5-12-9(14-7)8-3-1-2-4-11-8/h1-5,13H,6H2. The van der Waals surface area contributed by atoms with E-state index in [1.807, 2.05) is 24.4 Å². The maximum absolute atomic E-state index is 5.40. The number of rotatable bonds is 3. The van der Waals surface area contributed by atoms with Crippen LogP contribution >= 0.6 is 23.1 Å². The second-order valence-corrected chi connectivity index (χ2v) is 4.04. The second-order valence-electron chi connectivity index (χ2n) is 2.66. The van der Waals surface area contributed by atoms with Gasteiger partial charge in [-0.3, -0.25) is 4.98 Å². The quantitative estimate of drug-likeness (QED) is 0.816. The average molecular weight is 226 g/mol. The lowest BCUT2D eigenvalue weighted by Crippen LogP contribution is -1.94. The molecule has 0 aliphatic rings. The van der Waals surface area contributed by atoms with Crippen molar-refractivity contribution in [2.45, 2.75) is 6.54 Å². The van der Waals surface area contributed by atoms with E-state index >= 15 is 0 Å². The van der Waals surface area contributed by atoms with E-state index in [2.05, 4.69) is 14.8 Å². The molecule has 14 heavy (non-hydrogen) atoms. The summed E-state index contributed by atoms with van der Waals surface area (Å²) in [6.45, 7) is 0.631. The number of hydrogen-bond donors (Lipinski definition) is 1. The fourth-order valence-electron chi connectivity index (χ4n) is 1.06. The van der Waals surface area contributed by atoms with E-state index in [0.29, 0.717) is 6.54 Å². The van der Waals surface area contributed by atoms with Crippen LogP contribution in [-0.4, -0.2) is 9.97 Å². The Morgan fingerprint density at radius 2 is 2.29 bits per heavy atom. The van der Waals surface area contributed by atoms with Gasteiger partial charge in [0, 0.05) is 23.8 Å². The van der Waals surface area contributed by atoms with Gasteiger partial charge in [0.2, 0.25) is 0 Å². The summed E-state index contributed by atoms with van der Waals surface area (Å²) in [5.74, 6) is 0. The molecule has 0 aliphatic heterocycles. The summed E-state index contributed by atoms with van der Waals surface area (Å²) in [6.07, 6.45) is 3.57. The number of thiazole rings is 1. The SMILES string of the molecule is ClNCc1cnc(-c2ccccn2)s1. The predicted octanol–water partition coefficient (Wildman–Crippen LogP) is 2.45. The highest BCUT2D eigenvalue weighted by Gasteiger charge is 2.04. The van der Waals surface area contributed by atoms with Crippen LogP contribution in [0.3, 0.4) is 0 Å². The molecule has 0 atom stereocenters. The van der Waals surface area contributed by atoms with Crippen LogP contribution in [0.25, 0.3) is 10.7 Å². The molecule has 0 aliphatic carbocycles. The molecule has 5 heteroatoms. The van der Waals surface area contributed by atoms with Gasteiger partial charge in [-0.25, -0.2) is 9.82 Å². The van der Waals surface area contributed by atoms with Crippen LogP contribution in [0.2, 0.25) is 0 Å². The van der Waals surface area contributed by atoms with Crippen LogP contribution in [0.1, 0.15) is 4.88 Å². The molecule has 0 unspecified atom stereocenters. The molecule has 0 fully saturated rings. The van der Waals surface area contributed by atoms with Gasteiger partial charge in [-0.15, -0.1) is 11.3 Å². The summed E-state index contributed by atoms with van der Waals surface area (Å²) in [7, 11) is 0. The molecule has 2 rings (SSSR count). The number of hydrogen-bond acceptors (Lipinski definition) is 4. The Bertz CT molecular complexity index is 401. The zero-order valence-electron chi connectivity index (χ0n) is 7.27. The lowest BCUT2D eigenvalue weighted by atomic mass is 10.4. The van der Waals surface area contributed by atoms with Crippen LogP contribution in [0.4, 0.5) is 0 Å². The highest BCUT2D eigenvalue weighted by Crippen LogP contribution is 2.22. The molecule has 0 spiro atoms. The lowest BCUT2D eigenvalue weighted by molar-refractivity contribution is 0.982. The number of halogens is 1. The van der Waals surface area contributed by atoms with Crippen LogP contribution in [0, 0.1) is 0 Å². The first-order chi connectivity index (χ1) is 6.90. The summed E-state index contributed by atoms with van der Waals surface area (Å²) >= 11 is 6.99. The second kappa shape index (κ2) is 4.50. The molecule has 0 amide bonds. The van der Waals surface area contributed by atoms with E-state index in [-0.39, 0.29) is 0 Å². The first-order valence-corrected chi connectivity index (χ1v) is 5.29. The fraction of sp³-hybridized carbons (Fsp3) is 0.111. The van der Waals surface area contributed by atoms with Gasteiger partial charge < -0.3 is 0 Å². The molecular formula is C9H8ClN3S. The van der Waals surface area contributed by atoms with Crippen molar-refractivity contribution in [3.63, 3.8) is 0 Å². The van der Waals surface area contributed by atoms with Gasteiger partial charge in [0.15, 0.2) is 0 Å². The third-order valence-electron chi connectivity index (χ3n) is 1.68. The van der Waals surface area contributed by atoms with Crippen LogP contribution in [0.5, 0.6) is 0 Å². The smallest absolute Gasteiger partial charge is 0.142 e. The Hall–Kier alpha value is -0.970. The Morgan fingerprint density at radius 3 is 3.00 bits per heavy atom. The molecule has 0 bridgehead atoms. The topological polar surface area (TPSA) is 37.8 Å². The molecule has 2 aromatic heterocycles. The fourth-order valence-corrected chi connectivity index (χ4v) is 2.11. The van der Waals surface area contributed by atoms with Gasteiger partial charge in [0.05, 0.1) is 5.69 Å². The Balaban J connectivity index is 2.25. The Kier molecular flexibility index (Phi) is 3.08. The molecule has 2 aromatic rings. The van der Waals surface area contributed by atoms with Gasteiger partial charge in [0.1, 0.15) is 5.01 Å². The third kappa shape index (κ3) is 2.09. The summed E-state index contributed by atoms with van der Waals surface area (Å²) in [4.78, 5) is 12.1. The first kappa shape index (κ1) is 9.58. The zero-order chi connectivity index (χ0) is 9.80.